The molecule has 1 aromatic heterocycles. The van der Waals surface area contributed by atoms with Crippen LogP contribution in [0.1, 0.15) is 34.5 Å². The first-order valence-electron chi connectivity index (χ1n) is 10.6. The molecule has 1 aliphatic rings. The Morgan fingerprint density at radius 2 is 1.68 bits per heavy atom. The largest absolute Gasteiger partial charge is 0.452 e. The van der Waals surface area contributed by atoms with Gasteiger partial charge in [-0.15, -0.1) is 0 Å². The SMILES string of the molecule is Cc1ccc(-n2nc(C)cc2NC(=O)COC(=O)c2ccc(N3NC(=O)CCC3=O)cc2)cc1. The predicted molar refractivity (Wildman–Crippen MR) is 123 cm³/mol. The van der Waals surface area contributed by atoms with E-state index >= 15 is 0 Å². The fraction of sp³-hybridized carbons (Fsp3) is 0.208. The summed E-state index contributed by atoms with van der Waals surface area (Å²) in [5.41, 5.74) is 5.72. The first-order valence-corrected chi connectivity index (χ1v) is 10.6. The molecule has 0 radical (unpaired) electrons. The number of ether oxygens (including phenoxy) is 1. The van der Waals surface area contributed by atoms with Crippen LogP contribution in [-0.2, 0) is 19.1 Å². The van der Waals surface area contributed by atoms with Crippen molar-refractivity contribution in [1.82, 2.24) is 15.2 Å². The van der Waals surface area contributed by atoms with Gasteiger partial charge in [0.1, 0.15) is 5.82 Å². The zero-order valence-electron chi connectivity index (χ0n) is 18.7. The maximum absolute atomic E-state index is 12.4. The standard InChI is InChI=1S/C24H23N5O5/c1-15-3-7-18(8-4-15)28-20(13-16(2)26-28)25-22(31)14-34-24(33)17-5-9-19(10-6-17)29-23(32)12-11-21(30)27-29/h3-10,13H,11-12,14H2,1-2H3,(H,25,31)(H,27,30). The molecule has 2 N–H and O–H groups in total. The van der Waals surface area contributed by atoms with Gasteiger partial charge in [0.2, 0.25) is 11.8 Å². The lowest BCUT2D eigenvalue weighted by molar-refractivity contribution is -0.130. The second kappa shape index (κ2) is 9.57. The Balaban J connectivity index is 1.36. The summed E-state index contributed by atoms with van der Waals surface area (Å²) in [7, 11) is 0. The third-order valence-electron chi connectivity index (χ3n) is 5.12. The second-order valence-corrected chi connectivity index (χ2v) is 7.85. The minimum atomic E-state index is -0.695. The van der Waals surface area contributed by atoms with Crippen LogP contribution in [-0.4, -0.2) is 40.1 Å². The highest BCUT2D eigenvalue weighted by Crippen LogP contribution is 2.19. The molecule has 0 bridgehead atoms. The summed E-state index contributed by atoms with van der Waals surface area (Å²) in [6, 6.07) is 15.3. The van der Waals surface area contributed by atoms with Gasteiger partial charge in [0.15, 0.2) is 6.61 Å². The highest BCUT2D eigenvalue weighted by atomic mass is 16.5. The van der Waals surface area contributed by atoms with Crippen molar-refractivity contribution < 1.29 is 23.9 Å². The van der Waals surface area contributed by atoms with E-state index in [0.29, 0.717) is 11.5 Å². The third kappa shape index (κ3) is 5.12. The van der Waals surface area contributed by atoms with E-state index in [2.05, 4.69) is 15.8 Å². The van der Waals surface area contributed by atoms with Crippen molar-refractivity contribution in [1.29, 1.82) is 0 Å². The smallest absolute Gasteiger partial charge is 0.338 e. The van der Waals surface area contributed by atoms with Crippen LogP contribution < -0.4 is 15.8 Å². The minimum Gasteiger partial charge on any atom is -0.452 e. The third-order valence-corrected chi connectivity index (χ3v) is 5.12. The van der Waals surface area contributed by atoms with Gasteiger partial charge < -0.3 is 10.1 Å². The van der Waals surface area contributed by atoms with E-state index in [1.807, 2.05) is 38.1 Å². The number of anilines is 2. The predicted octanol–water partition coefficient (Wildman–Crippen LogP) is 2.44. The number of nitrogens with zero attached hydrogens (tertiary/aromatic N) is 3. The van der Waals surface area contributed by atoms with Crippen LogP contribution in [0.15, 0.2) is 54.6 Å². The quantitative estimate of drug-likeness (QED) is 0.544. The van der Waals surface area contributed by atoms with Crippen molar-refractivity contribution in [3.63, 3.8) is 0 Å². The number of esters is 1. The Bertz CT molecular complexity index is 1250. The van der Waals surface area contributed by atoms with Crippen molar-refractivity contribution >= 4 is 35.2 Å². The highest BCUT2D eigenvalue weighted by molar-refractivity contribution is 6.01. The van der Waals surface area contributed by atoms with Crippen LogP contribution in [0.25, 0.3) is 5.69 Å². The van der Waals surface area contributed by atoms with Crippen LogP contribution in [0.2, 0.25) is 0 Å². The van der Waals surface area contributed by atoms with Gasteiger partial charge >= 0.3 is 5.97 Å². The summed E-state index contributed by atoms with van der Waals surface area (Å²) in [6.07, 6.45) is 0.264. The molecule has 2 heterocycles. The van der Waals surface area contributed by atoms with E-state index in [4.69, 9.17) is 4.74 Å². The summed E-state index contributed by atoms with van der Waals surface area (Å²) in [4.78, 5) is 48.3. The summed E-state index contributed by atoms with van der Waals surface area (Å²) in [6.45, 7) is 3.31. The van der Waals surface area contributed by atoms with Crippen LogP contribution in [0, 0.1) is 13.8 Å². The van der Waals surface area contributed by atoms with E-state index in [-0.39, 0.29) is 30.2 Å². The number of rotatable bonds is 6. The van der Waals surface area contributed by atoms with Gasteiger partial charge in [-0.25, -0.2) is 14.5 Å². The Morgan fingerprint density at radius 1 is 1.00 bits per heavy atom. The van der Waals surface area contributed by atoms with Crippen LogP contribution in [0.5, 0.6) is 0 Å². The van der Waals surface area contributed by atoms with Gasteiger partial charge in [-0.05, 0) is 50.2 Å². The van der Waals surface area contributed by atoms with Crippen LogP contribution >= 0.6 is 0 Å². The molecule has 0 unspecified atom stereocenters. The Kier molecular flexibility index (Phi) is 6.39. The molecule has 34 heavy (non-hydrogen) atoms. The van der Waals surface area contributed by atoms with Gasteiger partial charge in [0, 0.05) is 18.9 Å². The topological polar surface area (TPSA) is 123 Å². The summed E-state index contributed by atoms with van der Waals surface area (Å²) < 4.78 is 6.73. The molecular weight excluding hydrogens is 438 g/mol. The van der Waals surface area contributed by atoms with E-state index in [9.17, 15) is 19.2 Å². The van der Waals surface area contributed by atoms with Crippen molar-refractivity contribution in [2.24, 2.45) is 0 Å². The number of carbonyl (C=O) groups excluding carboxylic acids is 4. The Hall–Kier alpha value is -4.47. The summed E-state index contributed by atoms with van der Waals surface area (Å²) >= 11 is 0. The summed E-state index contributed by atoms with van der Waals surface area (Å²) in [5, 5.41) is 8.26. The zero-order chi connectivity index (χ0) is 24.2. The molecule has 174 valence electrons. The van der Waals surface area contributed by atoms with E-state index < -0.39 is 18.5 Å². The maximum atomic E-state index is 12.4. The number of hydrogen-bond donors (Lipinski definition) is 2. The van der Waals surface area contributed by atoms with E-state index in [1.54, 1.807) is 10.7 Å². The average molecular weight is 461 g/mol. The molecule has 1 fully saturated rings. The Labute approximate surface area is 195 Å². The molecule has 0 atom stereocenters. The molecule has 10 nitrogen and oxygen atoms in total. The minimum absolute atomic E-state index is 0.118. The molecule has 2 aromatic carbocycles. The molecular formula is C24H23N5O5. The molecule has 0 saturated carbocycles. The number of aromatic nitrogens is 2. The van der Waals surface area contributed by atoms with Crippen molar-refractivity contribution in [3.05, 3.63) is 71.4 Å². The highest BCUT2D eigenvalue weighted by Gasteiger charge is 2.24. The molecule has 0 spiro atoms. The fourth-order valence-electron chi connectivity index (χ4n) is 3.39. The lowest BCUT2D eigenvalue weighted by atomic mass is 10.2. The fourth-order valence-corrected chi connectivity index (χ4v) is 3.39. The normalized spacial score (nSPS) is 13.4. The zero-order valence-corrected chi connectivity index (χ0v) is 18.7. The number of aryl methyl sites for hydroxylation is 2. The summed E-state index contributed by atoms with van der Waals surface area (Å²) in [5.74, 6) is -1.25. The number of nitrogens with one attached hydrogen (secondary N) is 2. The average Bonchev–Trinajstić information content (AvgIpc) is 3.19. The van der Waals surface area contributed by atoms with Crippen molar-refractivity contribution in [2.75, 3.05) is 16.9 Å². The molecule has 4 rings (SSSR count). The molecule has 1 saturated heterocycles. The molecule has 3 amide bonds. The first-order chi connectivity index (χ1) is 16.3. The number of hydrogen-bond acceptors (Lipinski definition) is 6. The lowest BCUT2D eigenvalue weighted by Crippen LogP contribution is -2.50. The monoisotopic (exact) mass is 461 g/mol. The van der Waals surface area contributed by atoms with Crippen LogP contribution in [0.3, 0.4) is 0 Å². The molecule has 3 aromatic rings. The lowest BCUT2D eigenvalue weighted by Gasteiger charge is -2.27. The number of carbonyl (C=O) groups is 4. The van der Waals surface area contributed by atoms with E-state index in [0.717, 1.165) is 22.0 Å². The van der Waals surface area contributed by atoms with Crippen LogP contribution in [0.4, 0.5) is 11.5 Å². The van der Waals surface area contributed by atoms with E-state index in [1.165, 1.54) is 24.3 Å². The van der Waals surface area contributed by atoms with Gasteiger partial charge in [-0.2, -0.15) is 5.10 Å². The van der Waals surface area contributed by atoms with Crippen molar-refractivity contribution in [2.45, 2.75) is 26.7 Å². The maximum Gasteiger partial charge on any atom is 0.338 e. The molecule has 10 heteroatoms. The second-order valence-electron chi connectivity index (χ2n) is 7.85. The number of hydrazine groups is 1. The number of benzene rings is 2. The first kappa shape index (κ1) is 22.7. The molecule has 0 aliphatic carbocycles. The molecule has 1 aliphatic heterocycles. The van der Waals surface area contributed by atoms with Gasteiger partial charge in [0.05, 0.1) is 22.6 Å². The van der Waals surface area contributed by atoms with Gasteiger partial charge in [-0.3, -0.25) is 19.8 Å². The Morgan fingerprint density at radius 3 is 2.38 bits per heavy atom. The van der Waals surface area contributed by atoms with Crippen molar-refractivity contribution in [3.8, 4) is 5.69 Å². The number of amides is 3. The van der Waals surface area contributed by atoms with Gasteiger partial charge in [0.25, 0.3) is 5.91 Å². The van der Waals surface area contributed by atoms with Gasteiger partial charge in [-0.1, -0.05) is 17.7 Å².